The second kappa shape index (κ2) is 24.9. The average Bonchev–Trinajstić information content (AvgIpc) is 2.24. The molecule has 2 saturated heterocycles. The van der Waals surface area contributed by atoms with Crippen LogP contribution in [0.2, 0.25) is 0 Å². The number of nitrogens with one attached hydrogen (secondary N) is 3. The van der Waals surface area contributed by atoms with E-state index in [1.807, 2.05) is 54.9 Å². The van der Waals surface area contributed by atoms with Crippen molar-refractivity contribution in [2.45, 2.75) is 76.3 Å². The summed E-state index contributed by atoms with van der Waals surface area (Å²) >= 11 is 7.29. The number of hydrogen-bond acceptors (Lipinski definition) is 22. The summed E-state index contributed by atoms with van der Waals surface area (Å²) in [6.07, 6.45) is -2.77. The van der Waals surface area contributed by atoms with Gasteiger partial charge in [0.2, 0.25) is 11.8 Å². The van der Waals surface area contributed by atoms with Crippen LogP contribution in [0.15, 0.2) is 93.6 Å². The SMILES string of the molecule is Cc1ccc(C[C@@H]2NC(=O)c3csc(n3)[C@H]([C@H](O)c3ccccc3)CC(=O)c3nc(sc3C)[C@H](CC(N)=O)NC(=O)c3csc(n3)-c3ccc(-c4nc(C(=O)N5CCNCC5)cs4)nc3-c3csc(n3)-c3csc(n3)[C@@H]3[C@@H](C)[C@@H](O)CN3C2=O)cc1. The molecule has 0 saturated carbocycles. The number of aryl methyl sites for hydroxylation is 2. The van der Waals surface area contributed by atoms with Gasteiger partial charge in [-0.3, -0.25) is 28.8 Å². The summed E-state index contributed by atoms with van der Waals surface area (Å²) in [4.78, 5) is 123. The Kier molecular flexibility index (Phi) is 17.0. The van der Waals surface area contributed by atoms with Gasteiger partial charge in [-0.25, -0.2) is 34.9 Å². The monoisotopic (exact) mass is 1270 g/mol. The Bertz CT molecular complexity index is 4040. The molecule has 3 aliphatic rings. The van der Waals surface area contributed by atoms with Crippen molar-refractivity contribution in [1.82, 2.24) is 60.6 Å². The number of aliphatic hydroxyl groups is 2. The van der Waals surface area contributed by atoms with Crippen LogP contribution >= 0.6 is 68.0 Å². The summed E-state index contributed by atoms with van der Waals surface area (Å²) in [6, 6.07) is 17.1. The first-order valence-corrected chi connectivity index (χ1v) is 32.7. The van der Waals surface area contributed by atoms with Gasteiger partial charge in [-0.1, -0.05) is 67.1 Å². The van der Waals surface area contributed by atoms with Crippen LogP contribution in [-0.2, 0) is 16.0 Å². The smallest absolute Gasteiger partial charge is 0.273 e. The fourth-order valence-corrected chi connectivity index (χ4v) is 16.1. The predicted molar refractivity (Wildman–Crippen MR) is 329 cm³/mol. The van der Waals surface area contributed by atoms with Gasteiger partial charge in [-0.2, -0.15) is 0 Å². The Morgan fingerprint density at radius 1 is 0.686 bits per heavy atom. The Balaban J connectivity index is 0.951. The zero-order valence-electron chi connectivity index (χ0n) is 46.3. The minimum atomic E-state index is -1.27. The third kappa shape index (κ3) is 12.2. The molecule has 10 heterocycles. The summed E-state index contributed by atoms with van der Waals surface area (Å²) in [5, 5.41) is 43.7. The van der Waals surface area contributed by atoms with Crippen LogP contribution in [0.3, 0.4) is 0 Å². The number of aromatic nitrogens is 7. The number of fused-ring (bicyclic) bond motifs is 16. The molecule has 10 bridgehead atoms. The molecule has 2 aromatic carbocycles. The molecule has 0 unspecified atom stereocenters. The number of nitrogens with zero attached hydrogens (tertiary/aromatic N) is 9. The molecule has 21 nitrogen and oxygen atoms in total. The number of pyridine rings is 1. The number of Topliss-reactive ketones (excluding diaryl/α,β-unsaturated/α-hetero) is 1. The van der Waals surface area contributed by atoms with Crippen molar-refractivity contribution in [3.8, 4) is 43.4 Å². The Morgan fingerprint density at radius 2 is 1.34 bits per heavy atom. The van der Waals surface area contributed by atoms with Gasteiger partial charge in [-0.05, 0) is 37.1 Å². The number of ketones is 1. The lowest BCUT2D eigenvalue weighted by Gasteiger charge is -2.29. The van der Waals surface area contributed by atoms with Gasteiger partial charge >= 0.3 is 0 Å². The molecule has 9 aromatic rings. The van der Waals surface area contributed by atoms with Crippen molar-refractivity contribution in [1.29, 1.82) is 0 Å². The largest absolute Gasteiger partial charge is 0.391 e. The highest BCUT2D eigenvalue weighted by Crippen LogP contribution is 2.43. The number of thiazole rings is 6. The lowest BCUT2D eigenvalue weighted by molar-refractivity contribution is -0.134. The number of benzene rings is 2. The molecule has 7 aromatic heterocycles. The lowest BCUT2D eigenvalue weighted by atomic mass is 9.90. The summed E-state index contributed by atoms with van der Waals surface area (Å²) in [6.45, 7) is 7.97. The van der Waals surface area contributed by atoms with E-state index in [1.54, 1.807) is 63.9 Å². The number of amides is 5. The lowest BCUT2D eigenvalue weighted by Crippen LogP contribution is -2.50. The molecule has 3 aliphatic heterocycles. The molecule has 86 heavy (non-hydrogen) atoms. The third-order valence-electron chi connectivity index (χ3n) is 15.3. The molecule has 2 fully saturated rings. The van der Waals surface area contributed by atoms with Gasteiger partial charge in [0.1, 0.15) is 70.9 Å². The fraction of sp³-hybridized carbons (Fsp3) is 0.305. The number of nitrogens with two attached hydrogens (primary N) is 1. The molecular formula is C59H55N13O8S6. The highest BCUT2D eigenvalue weighted by atomic mass is 32.1. The second-order valence-electron chi connectivity index (χ2n) is 21.2. The maximum Gasteiger partial charge on any atom is 0.273 e. The van der Waals surface area contributed by atoms with E-state index in [4.69, 9.17) is 40.6 Å². The number of carbonyl (C=O) groups is 6. The number of hydrogen-bond donors (Lipinski definition) is 6. The minimum Gasteiger partial charge on any atom is -0.391 e. The van der Waals surface area contributed by atoms with E-state index in [-0.39, 0.29) is 58.8 Å². The highest BCUT2D eigenvalue weighted by Gasteiger charge is 2.45. The number of aliphatic hydroxyl groups excluding tert-OH is 2. The summed E-state index contributed by atoms with van der Waals surface area (Å²) in [5.41, 5.74) is 10.8. The van der Waals surface area contributed by atoms with Gasteiger partial charge in [0.25, 0.3) is 17.7 Å². The molecule has 27 heteroatoms. The number of piperazine rings is 1. The normalized spacial score (nSPS) is 20.7. The molecule has 7 atom stereocenters. The molecule has 0 spiro atoms. The zero-order chi connectivity index (χ0) is 59.9. The topological polar surface area (TPSA) is 302 Å². The molecule has 0 radical (unpaired) electrons. The Labute approximate surface area is 516 Å². The van der Waals surface area contributed by atoms with Crippen LogP contribution in [0.4, 0.5) is 0 Å². The molecular weight excluding hydrogens is 1210 g/mol. The molecule has 440 valence electrons. The van der Waals surface area contributed by atoms with Crippen LogP contribution in [0, 0.1) is 19.8 Å². The summed E-state index contributed by atoms with van der Waals surface area (Å²) < 4.78 is 0. The van der Waals surface area contributed by atoms with E-state index in [2.05, 4.69) is 16.0 Å². The van der Waals surface area contributed by atoms with Crippen molar-refractivity contribution < 1.29 is 39.0 Å². The van der Waals surface area contributed by atoms with Crippen molar-refractivity contribution in [3.05, 3.63) is 153 Å². The van der Waals surface area contributed by atoms with E-state index >= 15 is 4.79 Å². The predicted octanol–water partition coefficient (Wildman–Crippen LogP) is 7.82. The summed E-state index contributed by atoms with van der Waals surface area (Å²) in [5.74, 6) is -4.59. The first-order chi connectivity index (χ1) is 41.5. The quantitative estimate of drug-likeness (QED) is 0.0845. The minimum absolute atomic E-state index is 0.0162. The fourth-order valence-electron chi connectivity index (χ4n) is 10.7. The van der Waals surface area contributed by atoms with Crippen LogP contribution < -0.4 is 21.7 Å². The van der Waals surface area contributed by atoms with Gasteiger partial charge < -0.3 is 41.7 Å². The van der Waals surface area contributed by atoms with Crippen molar-refractivity contribution in [2.24, 2.45) is 11.7 Å². The van der Waals surface area contributed by atoms with E-state index in [0.717, 1.165) is 33.8 Å². The van der Waals surface area contributed by atoms with Crippen molar-refractivity contribution >= 4 is 103 Å². The second-order valence-corrected chi connectivity index (χ2v) is 26.8. The van der Waals surface area contributed by atoms with Crippen LogP contribution in [0.25, 0.3) is 43.4 Å². The van der Waals surface area contributed by atoms with E-state index in [0.29, 0.717) is 90.7 Å². The van der Waals surface area contributed by atoms with Crippen molar-refractivity contribution in [2.75, 3.05) is 32.7 Å². The number of rotatable bonds is 8. The van der Waals surface area contributed by atoms with E-state index < -0.39 is 71.6 Å². The van der Waals surface area contributed by atoms with Crippen LogP contribution in [0.5, 0.6) is 0 Å². The Morgan fingerprint density at radius 3 is 2.10 bits per heavy atom. The molecule has 12 rings (SSSR count). The zero-order valence-corrected chi connectivity index (χ0v) is 51.2. The summed E-state index contributed by atoms with van der Waals surface area (Å²) in [7, 11) is 0. The standard InChI is InChI=1S/C59H55N13O8S6/c1-28-9-11-31(12-10-28)19-37-59(80)72-22-44(74)29(2)48(72)57-68-41(26-85-57)55-65-38(23-83-55)47-33(13-14-35(62-47)54-69-42(27-84-54)58(79)71-17-15-61-16-18-71)52-66-39(24-81-52)50(77)63-36(21-45(60)75)56-70-46(30(3)86-56)43(73)20-34(49(76)32-7-5-4-6-8-32)53-67-40(25-82-53)51(78)64-37/h4-14,23-27,29,34,36-37,44,48-49,61,74,76H,15-22H2,1-3H3,(H2,60,75)(H,63,77)(H,64,78)/t29-,34-,36-,37-,44-,48-,49+/m0/s1. The maximum absolute atomic E-state index is 15.2. The molecule has 5 amide bonds. The van der Waals surface area contributed by atoms with Gasteiger partial charge in [0.05, 0.1) is 41.4 Å². The number of carbonyl (C=O) groups excluding carboxylic acids is 6. The Hall–Kier alpha value is -7.73. The van der Waals surface area contributed by atoms with E-state index in [1.165, 1.54) is 50.7 Å². The molecule has 7 N–H and O–H groups in total. The number of primary amides is 1. The van der Waals surface area contributed by atoms with Gasteiger partial charge in [-0.15, -0.1) is 68.0 Å². The van der Waals surface area contributed by atoms with Gasteiger partial charge in [0, 0.05) is 94.7 Å². The first-order valence-electron chi connectivity index (χ1n) is 27.5. The maximum atomic E-state index is 15.2. The molecule has 0 aliphatic carbocycles. The van der Waals surface area contributed by atoms with Crippen LogP contribution in [0.1, 0.15) is 122 Å². The van der Waals surface area contributed by atoms with Crippen LogP contribution in [-0.4, -0.2) is 135 Å². The van der Waals surface area contributed by atoms with Crippen molar-refractivity contribution in [3.63, 3.8) is 0 Å². The first kappa shape index (κ1) is 58.6. The highest BCUT2D eigenvalue weighted by molar-refractivity contribution is 7.15. The van der Waals surface area contributed by atoms with E-state index in [9.17, 15) is 34.2 Å². The third-order valence-corrected chi connectivity index (χ3v) is 20.9. The van der Waals surface area contributed by atoms with Gasteiger partial charge in [0.15, 0.2) is 5.78 Å². The average molecular weight is 1270 g/mol.